The van der Waals surface area contributed by atoms with Crippen molar-refractivity contribution in [2.45, 2.75) is 18.9 Å². The summed E-state index contributed by atoms with van der Waals surface area (Å²) >= 11 is 0. The van der Waals surface area contributed by atoms with Crippen LogP contribution in [0.3, 0.4) is 0 Å². The number of carbonyl (C=O) groups is 4. The van der Waals surface area contributed by atoms with E-state index in [0.29, 0.717) is 16.2 Å². The van der Waals surface area contributed by atoms with E-state index in [-0.39, 0.29) is 17.5 Å². The molecule has 0 spiro atoms. The Hall–Kier alpha value is -3.48. The second kappa shape index (κ2) is 5.52. The van der Waals surface area contributed by atoms with Crippen LogP contribution in [0, 0.1) is 0 Å². The Morgan fingerprint density at radius 3 is 2.12 bits per heavy atom. The molecule has 1 unspecified atom stereocenters. The van der Waals surface area contributed by atoms with E-state index in [1.54, 1.807) is 36.4 Å². The number of benzene rings is 2. The van der Waals surface area contributed by atoms with Crippen molar-refractivity contribution in [3.63, 3.8) is 0 Å². The van der Waals surface area contributed by atoms with Crippen LogP contribution in [0.15, 0.2) is 48.5 Å². The van der Waals surface area contributed by atoms with Gasteiger partial charge in [0, 0.05) is 6.42 Å². The van der Waals surface area contributed by atoms with Gasteiger partial charge in [-0.1, -0.05) is 35.4 Å². The number of imide groups is 1. The minimum atomic E-state index is -1.64. The lowest BCUT2D eigenvalue weighted by Gasteiger charge is -2.32. The van der Waals surface area contributed by atoms with Crippen molar-refractivity contribution in [1.29, 1.82) is 0 Å². The molecule has 26 heavy (non-hydrogen) atoms. The Morgan fingerprint density at radius 1 is 0.962 bits per heavy atom. The highest BCUT2D eigenvalue weighted by Gasteiger charge is 2.48. The monoisotopic (exact) mass is 351 g/mol. The molecule has 0 radical (unpaired) electrons. The summed E-state index contributed by atoms with van der Waals surface area (Å²) in [6, 6.07) is 12.9. The molecule has 0 aliphatic carbocycles. The van der Waals surface area contributed by atoms with Gasteiger partial charge >= 0.3 is 11.9 Å². The lowest BCUT2D eigenvalue weighted by molar-refractivity contribution is -0.189. The van der Waals surface area contributed by atoms with Crippen LogP contribution in [0.5, 0.6) is 0 Å². The fourth-order valence-electron chi connectivity index (χ4n) is 3.08. The van der Waals surface area contributed by atoms with Crippen LogP contribution in [0.1, 0.15) is 43.6 Å². The number of fused-ring (bicyclic) bond motifs is 2. The molecule has 0 bridgehead atoms. The second-order valence-corrected chi connectivity index (χ2v) is 6.28. The SMILES string of the molecule is CC1(C(=O)ON2C(=O)c3ccccc3C2=O)Cc2ccccc2C(=O)O1. The molecule has 2 aromatic carbocycles. The van der Waals surface area contributed by atoms with Crippen LogP contribution in [0.25, 0.3) is 0 Å². The van der Waals surface area contributed by atoms with Gasteiger partial charge in [0.1, 0.15) is 0 Å². The molecule has 2 aromatic rings. The topological polar surface area (TPSA) is 90.0 Å². The number of nitrogens with zero attached hydrogens (tertiary/aromatic N) is 1. The van der Waals surface area contributed by atoms with E-state index in [2.05, 4.69) is 0 Å². The lowest BCUT2D eigenvalue weighted by atomic mass is 9.90. The molecule has 7 heteroatoms. The van der Waals surface area contributed by atoms with E-state index in [1.807, 2.05) is 0 Å². The molecule has 4 rings (SSSR count). The van der Waals surface area contributed by atoms with Gasteiger partial charge in [-0.3, -0.25) is 9.59 Å². The second-order valence-electron chi connectivity index (χ2n) is 6.28. The maximum absolute atomic E-state index is 12.6. The number of carbonyl (C=O) groups excluding carboxylic acids is 4. The summed E-state index contributed by atoms with van der Waals surface area (Å²) in [5.74, 6) is -3.11. The molecule has 2 amide bonds. The number of hydrogen-bond donors (Lipinski definition) is 0. The van der Waals surface area contributed by atoms with Crippen molar-refractivity contribution in [3.8, 4) is 0 Å². The van der Waals surface area contributed by atoms with E-state index in [0.717, 1.165) is 0 Å². The first kappa shape index (κ1) is 16.0. The van der Waals surface area contributed by atoms with Crippen LogP contribution in [-0.2, 0) is 20.8 Å². The maximum atomic E-state index is 12.6. The molecule has 2 aliphatic heterocycles. The van der Waals surface area contributed by atoms with Gasteiger partial charge in [-0.05, 0) is 30.7 Å². The Bertz CT molecular complexity index is 946. The molecule has 7 nitrogen and oxygen atoms in total. The van der Waals surface area contributed by atoms with Crippen LogP contribution in [0.2, 0.25) is 0 Å². The van der Waals surface area contributed by atoms with Crippen molar-refractivity contribution in [2.24, 2.45) is 0 Å². The average molecular weight is 351 g/mol. The number of cyclic esters (lactones) is 1. The molecule has 2 heterocycles. The van der Waals surface area contributed by atoms with Gasteiger partial charge in [0.2, 0.25) is 5.60 Å². The maximum Gasteiger partial charge on any atom is 0.376 e. The molecule has 1 atom stereocenters. The van der Waals surface area contributed by atoms with E-state index in [4.69, 9.17) is 9.57 Å². The Labute approximate surface area is 148 Å². The minimum absolute atomic E-state index is 0.0803. The standard InChI is InChI=1S/C19H13NO6/c1-19(10-11-6-2-3-7-12(11)17(23)25-19)18(24)26-20-15(21)13-8-4-5-9-14(13)16(20)22/h2-9H,10H2,1H3. The summed E-state index contributed by atoms with van der Waals surface area (Å²) < 4.78 is 5.26. The number of esters is 1. The first-order chi connectivity index (χ1) is 12.4. The summed E-state index contributed by atoms with van der Waals surface area (Å²) in [5.41, 5.74) is -0.326. The number of hydroxylamine groups is 2. The molecule has 0 saturated heterocycles. The van der Waals surface area contributed by atoms with Crippen LogP contribution in [-0.4, -0.2) is 34.4 Å². The van der Waals surface area contributed by atoms with Gasteiger partial charge < -0.3 is 9.57 Å². The Morgan fingerprint density at radius 2 is 1.50 bits per heavy atom. The van der Waals surface area contributed by atoms with Crippen LogP contribution in [0.4, 0.5) is 0 Å². The van der Waals surface area contributed by atoms with E-state index in [1.165, 1.54) is 19.1 Å². The van der Waals surface area contributed by atoms with Gasteiger partial charge in [-0.25, -0.2) is 9.59 Å². The first-order valence-electron chi connectivity index (χ1n) is 7.92. The summed E-state index contributed by atoms with van der Waals surface area (Å²) in [4.78, 5) is 54.5. The first-order valence-corrected chi connectivity index (χ1v) is 7.92. The molecular formula is C19H13NO6. The zero-order valence-corrected chi connectivity index (χ0v) is 13.7. The highest BCUT2D eigenvalue weighted by Crippen LogP contribution is 2.31. The summed E-state index contributed by atoms with van der Waals surface area (Å²) in [6.45, 7) is 1.39. The Balaban J connectivity index is 1.59. The average Bonchev–Trinajstić information content (AvgIpc) is 2.87. The molecule has 2 aliphatic rings. The number of hydrogen-bond acceptors (Lipinski definition) is 6. The molecule has 0 fully saturated rings. The van der Waals surface area contributed by atoms with Crippen LogP contribution >= 0.6 is 0 Å². The van der Waals surface area contributed by atoms with E-state index < -0.39 is 29.4 Å². The lowest BCUT2D eigenvalue weighted by Crippen LogP contribution is -2.49. The number of rotatable bonds is 2. The predicted octanol–water partition coefficient (Wildman–Crippen LogP) is 1.91. The van der Waals surface area contributed by atoms with E-state index >= 15 is 0 Å². The summed E-state index contributed by atoms with van der Waals surface area (Å²) in [5, 5.41) is 0.409. The third-order valence-electron chi connectivity index (χ3n) is 4.45. The van der Waals surface area contributed by atoms with Gasteiger partial charge in [-0.2, -0.15) is 0 Å². The molecule has 0 N–H and O–H groups in total. The van der Waals surface area contributed by atoms with E-state index in [9.17, 15) is 19.2 Å². The minimum Gasteiger partial charge on any atom is -0.443 e. The third-order valence-corrected chi connectivity index (χ3v) is 4.45. The molecule has 130 valence electrons. The zero-order valence-electron chi connectivity index (χ0n) is 13.7. The normalized spacial score (nSPS) is 21.1. The third kappa shape index (κ3) is 2.28. The highest BCUT2D eigenvalue weighted by molar-refractivity contribution is 6.21. The molecule has 0 aromatic heterocycles. The predicted molar refractivity (Wildman–Crippen MR) is 87.0 cm³/mol. The fraction of sp³-hybridized carbons (Fsp3) is 0.158. The number of amides is 2. The van der Waals surface area contributed by atoms with Crippen molar-refractivity contribution in [1.82, 2.24) is 5.06 Å². The fourth-order valence-corrected chi connectivity index (χ4v) is 3.08. The summed E-state index contributed by atoms with van der Waals surface area (Å²) in [6.07, 6.45) is 0.0803. The van der Waals surface area contributed by atoms with Crippen molar-refractivity contribution in [2.75, 3.05) is 0 Å². The van der Waals surface area contributed by atoms with Gasteiger partial charge in [-0.15, -0.1) is 0 Å². The zero-order chi connectivity index (χ0) is 18.5. The highest BCUT2D eigenvalue weighted by atomic mass is 16.7. The molecular weight excluding hydrogens is 338 g/mol. The smallest absolute Gasteiger partial charge is 0.376 e. The van der Waals surface area contributed by atoms with Gasteiger partial charge in [0.15, 0.2) is 0 Å². The van der Waals surface area contributed by atoms with Gasteiger partial charge in [0.05, 0.1) is 16.7 Å². The Kier molecular flexibility index (Phi) is 3.40. The summed E-state index contributed by atoms with van der Waals surface area (Å²) in [7, 11) is 0. The quantitative estimate of drug-likeness (QED) is 0.606. The van der Waals surface area contributed by atoms with Crippen LogP contribution < -0.4 is 0 Å². The van der Waals surface area contributed by atoms with Crippen molar-refractivity contribution < 1.29 is 28.8 Å². The largest absolute Gasteiger partial charge is 0.443 e. The van der Waals surface area contributed by atoms with Crippen molar-refractivity contribution in [3.05, 3.63) is 70.8 Å². The van der Waals surface area contributed by atoms with Gasteiger partial charge in [0.25, 0.3) is 11.8 Å². The molecule has 0 saturated carbocycles. The van der Waals surface area contributed by atoms with Crippen molar-refractivity contribution >= 4 is 23.8 Å². The number of ether oxygens (including phenoxy) is 1.